The number of para-hydroxylation sites is 1. The zero-order valence-electron chi connectivity index (χ0n) is 10.7. The summed E-state index contributed by atoms with van der Waals surface area (Å²) < 4.78 is 0. The van der Waals surface area contributed by atoms with Crippen molar-refractivity contribution in [1.82, 2.24) is 4.90 Å². The first-order valence-corrected chi connectivity index (χ1v) is 6.52. The monoisotopic (exact) mass is 233 g/mol. The average molecular weight is 233 g/mol. The van der Waals surface area contributed by atoms with Crippen LogP contribution in [0.15, 0.2) is 24.3 Å². The molecule has 1 saturated heterocycles. The maximum atomic E-state index is 5.59. The van der Waals surface area contributed by atoms with E-state index in [4.69, 9.17) is 5.73 Å². The fourth-order valence-electron chi connectivity index (χ4n) is 2.50. The Labute approximate surface area is 104 Å². The summed E-state index contributed by atoms with van der Waals surface area (Å²) in [4.78, 5) is 4.79. The van der Waals surface area contributed by atoms with Crippen molar-refractivity contribution in [2.24, 2.45) is 5.73 Å². The fraction of sp³-hybridized carbons (Fsp3) is 0.571. The standard InChI is InChI=1S/C14H23N3/c1-16(11-8-15)12-13-6-2-3-7-14(13)17-9-4-5-10-17/h2-3,6-7H,4-5,8-12,15H2,1H3. The molecule has 17 heavy (non-hydrogen) atoms. The Bertz CT molecular complexity index is 345. The molecule has 0 aliphatic carbocycles. The van der Waals surface area contributed by atoms with Gasteiger partial charge in [0.05, 0.1) is 0 Å². The van der Waals surface area contributed by atoms with Crippen molar-refractivity contribution in [3.05, 3.63) is 29.8 Å². The maximum Gasteiger partial charge on any atom is 0.0411 e. The second-order valence-electron chi connectivity index (χ2n) is 4.85. The first kappa shape index (κ1) is 12.4. The van der Waals surface area contributed by atoms with Crippen LogP contribution in [0.2, 0.25) is 0 Å². The number of likely N-dealkylation sites (N-methyl/N-ethyl adjacent to an activating group) is 1. The van der Waals surface area contributed by atoms with Gasteiger partial charge in [-0.1, -0.05) is 18.2 Å². The summed E-state index contributed by atoms with van der Waals surface area (Å²) in [6.45, 7) is 5.08. The minimum absolute atomic E-state index is 0.725. The highest BCUT2D eigenvalue weighted by atomic mass is 15.2. The van der Waals surface area contributed by atoms with Gasteiger partial charge in [-0.25, -0.2) is 0 Å². The van der Waals surface area contributed by atoms with Crippen LogP contribution in [-0.4, -0.2) is 38.1 Å². The molecule has 1 aromatic rings. The van der Waals surface area contributed by atoms with Crippen LogP contribution < -0.4 is 10.6 Å². The van der Waals surface area contributed by atoms with Gasteiger partial charge in [0.1, 0.15) is 0 Å². The molecule has 0 radical (unpaired) electrons. The summed E-state index contributed by atoms with van der Waals surface area (Å²) in [5.74, 6) is 0. The zero-order chi connectivity index (χ0) is 12.1. The first-order valence-electron chi connectivity index (χ1n) is 6.52. The molecule has 1 heterocycles. The van der Waals surface area contributed by atoms with Gasteiger partial charge in [0.15, 0.2) is 0 Å². The summed E-state index contributed by atoms with van der Waals surface area (Å²) in [7, 11) is 2.13. The number of hydrogen-bond acceptors (Lipinski definition) is 3. The van der Waals surface area contributed by atoms with E-state index in [0.717, 1.165) is 19.6 Å². The Morgan fingerprint density at radius 1 is 1.24 bits per heavy atom. The number of rotatable bonds is 5. The third kappa shape index (κ3) is 3.20. The molecule has 2 rings (SSSR count). The highest BCUT2D eigenvalue weighted by Gasteiger charge is 2.15. The van der Waals surface area contributed by atoms with Crippen LogP contribution in [-0.2, 0) is 6.54 Å². The average Bonchev–Trinajstić information content (AvgIpc) is 2.83. The van der Waals surface area contributed by atoms with Crippen LogP contribution in [0.4, 0.5) is 5.69 Å². The molecule has 0 spiro atoms. The number of nitrogens with two attached hydrogens (primary N) is 1. The Morgan fingerprint density at radius 2 is 1.94 bits per heavy atom. The van der Waals surface area contributed by atoms with E-state index < -0.39 is 0 Å². The largest absolute Gasteiger partial charge is 0.371 e. The number of anilines is 1. The minimum atomic E-state index is 0.725. The van der Waals surface area contributed by atoms with E-state index in [0.29, 0.717) is 0 Å². The molecule has 1 aromatic carbocycles. The lowest BCUT2D eigenvalue weighted by molar-refractivity contribution is 0.336. The Kier molecular flexibility index (Phi) is 4.40. The van der Waals surface area contributed by atoms with Crippen LogP contribution in [0.3, 0.4) is 0 Å². The lowest BCUT2D eigenvalue weighted by atomic mass is 10.1. The number of nitrogens with zero attached hydrogens (tertiary/aromatic N) is 2. The van der Waals surface area contributed by atoms with Crippen molar-refractivity contribution in [3.63, 3.8) is 0 Å². The van der Waals surface area contributed by atoms with E-state index in [-0.39, 0.29) is 0 Å². The second-order valence-corrected chi connectivity index (χ2v) is 4.85. The third-order valence-corrected chi connectivity index (χ3v) is 3.39. The van der Waals surface area contributed by atoms with Gasteiger partial charge in [0, 0.05) is 38.4 Å². The van der Waals surface area contributed by atoms with E-state index in [1.54, 1.807) is 0 Å². The first-order chi connectivity index (χ1) is 8.31. The predicted molar refractivity (Wildman–Crippen MR) is 73.3 cm³/mol. The quantitative estimate of drug-likeness (QED) is 0.840. The Hall–Kier alpha value is -1.06. The van der Waals surface area contributed by atoms with Gasteiger partial charge >= 0.3 is 0 Å². The van der Waals surface area contributed by atoms with Gasteiger partial charge < -0.3 is 15.5 Å². The van der Waals surface area contributed by atoms with E-state index in [1.807, 2.05) is 0 Å². The zero-order valence-corrected chi connectivity index (χ0v) is 10.7. The van der Waals surface area contributed by atoms with Crippen LogP contribution >= 0.6 is 0 Å². The van der Waals surface area contributed by atoms with Crippen LogP contribution in [0.1, 0.15) is 18.4 Å². The van der Waals surface area contributed by atoms with Crippen molar-refractivity contribution in [1.29, 1.82) is 0 Å². The molecule has 0 unspecified atom stereocenters. The van der Waals surface area contributed by atoms with Crippen LogP contribution in [0.25, 0.3) is 0 Å². The van der Waals surface area contributed by atoms with Crippen molar-refractivity contribution in [3.8, 4) is 0 Å². The van der Waals surface area contributed by atoms with Crippen molar-refractivity contribution < 1.29 is 0 Å². The summed E-state index contributed by atoms with van der Waals surface area (Å²) in [5.41, 5.74) is 8.42. The fourth-order valence-corrected chi connectivity index (χ4v) is 2.50. The highest BCUT2D eigenvalue weighted by Crippen LogP contribution is 2.25. The van der Waals surface area contributed by atoms with E-state index in [1.165, 1.54) is 37.2 Å². The SMILES string of the molecule is CN(CCN)Cc1ccccc1N1CCCC1. The summed E-state index contributed by atoms with van der Waals surface area (Å²) >= 11 is 0. The van der Waals surface area contributed by atoms with Crippen molar-refractivity contribution in [2.75, 3.05) is 38.1 Å². The van der Waals surface area contributed by atoms with E-state index in [9.17, 15) is 0 Å². The molecular formula is C14H23N3. The van der Waals surface area contributed by atoms with Gasteiger partial charge in [0.2, 0.25) is 0 Å². The highest BCUT2D eigenvalue weighted by molar-refractivity contribution is 5.54. The molecule has 0 atom stereocenters. The van der Waals surface area contributed by atoms with Crippen LogP contribution in [0, 0.1) is 0 Å². The molecule has 3 nitrogen and oxygen atoms in total. The normalized spacial score (nSPS) is 15.8. The van der Waals surface area contributed by atoms with Gasteiger partial charge in [-0.15, -0.1) is 0 Å². The van der Waals surface area contributed by atoms with Gasteiger partial charge in [-0.3, -0.25) is 0 Å². The van der Waals surface area contributed by atoms with Gasteiger partial charge in [-0.2, -0.15) is 0 Å². The molecule has 1 aliphatic rings. The summed E-state index contributed by atoms with van der Waals surface area (Å²) in [5, 5.41) is 0. The van der Waals surface area contributed by atoms with E-state index in [2.05, 4.69) is 41.1 Å². The molecule has 94 valence electrons. The topological polar surface area (TPSA) is 32.5 Å². The van der Waals surface area contributed by atoms with Crippen molar-refractivity contribution >= 4 is 5.69 Å². The minimum Gasteiger partial charge on any atom is -0.371 e. The predicted octanol–water partition coefficient (Wildman–Crippen LogP) is 1.68. The molecule has 0 bridgehead atoms. The van der Waals surface area contributed by atoms with Crippen LogP contribution in [0.5, 0.6) is 0 Å². The summed E-state index contributed by atoms with van der Waals surface area (Å²) in [6.07, 6.45) is 2.65. The molecule has 0 saturated carbocycles. The maximum absolute atomic E-state index is 5.59. The molecule has 1 fully saturated rings. The molecule has 3 heteroatoms. The second kappa shape index (κ2) is 6.03. The molecule has 1 aliphatic heterocycles. The van der Waals surface area contributed by atoms with E-state index >= 15 is 0 Å². The molecule has 0 aromatic heterocycles. The Balaban J connectivity index is 2.09. The molecule has 2 N–H and O–H groups in total. The summed E-state index contributed by atoms with van der Waals surface area (Å²) in [6, 6.07) is 8.75. The molecular weight excluding hydrogens is 210 g/mol. The smallest absolute Gasteiger partial charge is 0.0411 e. The number of hydrogen-bond donors (Lipinski definition) is 1. The number of benzene rings is 1. The Morgan fingerprint density at radius 3 is 2.65 bits per heavy atom. The molecule has 0 amide bonds. The van der Waals surface area contributed by atoms with Gasteiger partial charge in [-0.05, 0) is 31.5 Å². The van der Waals surface area contributed by atoms with Crippen molar-refractivity contribution in [2.45, 2.75) is 19.4 Å². The van der Waals surface area contributed by atoms with Gasteiger partial charge in [0.25, 0.3) is 0 Å². The lowest BCUT2D eigenvalue weighted by Gasteiger charge is -2.24. The third-order valence-electron chi connectivity index (χ3n) is 3.39. The lowest BCUT2D eigenvalue weighted by Crippen LogP contribution is -2.26.